The van der Waals surface area contributed by atoms with Crippen LogP contribution in [-0.4, -0.2) is 25.5 Å². The summed E-state index contributed by atoms with van der Waals surface area (Å²) in [5.41, 5.74) is 7.57. The third-order valence-electron chi connectivity index (χ3n) is 4.79. The van der Waals surface area contributed by atoms with Crippen LogP contribution in [-0.2, 0) is 6.42 Å². The molecule has 0 aromatic carbocycles. The van der Waals surface area contributed by atoms with Crippen molar-refractivity contribution in [1.29, 1.82) is 0 Å². The van der Waals surface area contributed by atoms with Gasteiger partial charge in [-0.2, -0.15) is 0 Å². The number of fused-ring (bicyclic) bond motifs is 1. The Morgan fingerprint density at radius 2 is 2.20 bits per heavy atom. The van der Waals surface area contributed by atoms with Gasteiger partial charge in [-0.15, -0.1) is 0 Å². The molecule has 1 fully saturated rings. The minimum atomic E-state index is -0.164. The lowest BCUT2D eigenvalue weighted by Crippen LogP contribution is -2.35. The smallest absolute Gasteiger partial charge is 0.261 e. The maximum absolute atomic E-state index is 12.4. The number of hydrogen-bond donors (Lipinski definition) is 3. The number of aryl methyl sites for hydroxylation is 1. The summed E-state index contributed by atoms with van der Waals surface area (Å²) in [4.78, 5) is 16.7. The van der Waals surface area contributed by atoms with E-state index in [1.165, 1.54) is 23.4 Å². The molecule has 3 rings (SSSR count). The Bertz CT molecular complexity index is 852. The fourth-order valence-corrected chi connectivity index (χ4v) is 3.38. The molecule has 7 heteroatoms. The van der Waals surface area contributed by atoms with Crippen LogP contribution in [0.25, 0.3) is 11.3 Å². The Morgan fingerprint density at radius 1 is 1.48 bits per heavy atom. The Kier molecular flexibility index (Phi) is 4.94. The quantitative estimate of drug-likeness (QED) is 0.563. The lowest BCUT2D eigenvalue weighted by molar-refractivity contribution is 0.289. The lowest BCUT2D eigenvalue weighted by atomic mass is 10.1. The summed E-state index contributed by atoms with van der Waals surface area (Å²) in [5.74, 6) is 5.97. The molecule has 0 atom stereocenters. The lowest BCUT2D eigenvalue weighted by Gasteiger charge is -2.22. The molecule has 1 saturated carbocycles. The zero-order chi connectivity index (χ0) is 18.0. The average molecular weight is 343 g/mol. The number of aromatic nitrogens is 2. The van der Waals surface area contributed by atoms with Gasteiger partial charge in [0.2, 0.25) is 0 Å². The summed E-state index contributed by atoms with van der Waals surface area (Å²) in [6, 6.07) is 1.90. The summed E-state index contributed by atoms with van der Waals surface area (Å²) in [7, 11) is 0. The van der Waals surface area contributed by atoms with Crippen molar-refractivity contribution in [2.24, 2.45) is 11.6 Å². The number of rotatable bonds is 5. The van der Waals surface area contributed by atoms with Crippen molar-refractivity contribution >= 4 is 11.3 Å². The molecule has 2 aromatic heterocycles. The summed E-state index contributed by atoms with van der Waals surface area (Å²) in [6.07, 6.45) is 10.7. The van der Waals surface area contributed by atoms with E-state index >= 15 is 0 Å². The fourth-order valence-electron chi connectivity index (χ4n) is 3.38. The topological polar surface area (TPSA) is 110 Å². The Hall–Kier alpha value is -2.54. The second kappa shape index (κ2) is 7.14. The van der Waals surface area contributed by atoms with Crippen LogP contribution in [0, 0.1) is 0 Å². The van der Waals surface area contributed by atoms with Gasteiger partial charge in [0.1, 0.15) is 0 Å². The maximum Gasteiger partial charge on any atom is 0.261 e. The summed E-state index contributed by atoms with van der Waals surface area (Å²) < 4.78 is 1.36. The molecule has 25 heavy (non-hydrogen) atoms. The van der Waals surface area contributed by atoms with Crippen LogP contribution < -0.4 is 17.1 Å². The second-order valence-corrected chi connectivity index (χ2v) is 6.58. The van der Waals surface area contributed by atoms with Gasteiger partial charge in [0.15, 0.2) is 11.4 Å². The largest absolute Gasteiger partial charge is 0.504 e. The standard InChI is InChI=1S/C18H25N5O2/c1-2-5-12-10-21-17-16(24)14(8-9-22(17)18(12)25)15(19)11-23(20)13-6-3-4-7-13/h8-11,13,24H,2-7,19-20H2,1H3/b15-11-. The number of hydrazine groups is 1. The molecule has 7 nitrogen and oxygen atoms in total. The van der Waals surface area contributed by atoms with Gasteiger partial charge in [-0.25, -0.2) is 10.8 Å². The highest BCUT2D eigenvalue weighted by Crippen LogP contribution is 2.27. The monoisotopic (exact) mass is 343 g/mol. The molecule has 2 heterocycles. The molecule has 0 aliphatic heterocycles. The molecular formula is C18H25N5O2. The number of aromatic hydroxyl groups is 1. The van der Waals surface area contributed by atoms with Crippen molar-refractivity contribution in [3.63, 3.8) is 0 Å². The molecule has 0 spiro atoms. The SMILES string of the molecule is CCCc1cnc2c(O)c(/C(N)=C/N(N)C3CCCC3)ccn2c1=O. The molecule has 1 aliphatic carbocycles. The van der Waals surface area contributed by atoms with Gasteiger partial charge in [0.05, 0.1) is 5.70 Å². The van der Waals surface area contributed by atoms with Crippen LogP contribution in [0.1, 0.15) is 50.2 Å². The Morgan fingerprint density at radius 3 is 2.88 bits per heavy atom. The highest BCUT2D eigenvalue weighted by molar-refractivity contribution is 5.73. The number of nitrogens with zero attached hydrogens (tertiary/aromatic N) is 3. The van der Waals surface area contributed by atoms with Crippen molar-refractivity contribution in [3.8, 4) is 5.75 Å². The van der Waals surface area contributed by atoms with E-state index in [1.807, 2.05) is 6.92 Å². The van der Waals surface area contributed by atoms with E-state index in [9.17, 15) is 9.90 Å². The van der Waals surface area contributed by atoms with Crippen LogP contribution in [0.15, 0.2) is 29.5 Å². The summed E-state index contributed by atoms with van der Waals surface area (Å²) in [6.45, 7) is 2.00. The number of pyridine rings is 1. The van der Waals surface area contributed by atoms with E-state index in [4.69, 9.17) is 11.6 Å². The third kappa shape index (κ3) is 3.32. The van der Waals surface area contributed by atoms with Crippen molar-refractivity contribution in [2.75, 3.05) is 0 Å². The predicted molar refractivity (Wildman–Crippen MR) is 97.6 cm³/mol. The van der Waals surface area contributed by atoms with E-state index in [0.29, 0.717) is 23.2 Å². The van der Waals surface area contributed by atoms with Gasteiger partial charge in [-0.3, -0.25) is 9.20 Å². The minimum absolute atomic E-state index is 0.115. The molecule has 5 N–H and O–H groups in total. The van der Waals surface area contributed by atoms with Gasteiger partial charge in [0, 0.05) is 35.8 Å². The first-order valence-corrected chi connectivity index (χ1v) is 8.75. The summed E-state index contributed by atoms with van der Waals surface area (Å²) >= 11 is 0. The van der Waals surface area contributed by atoms with Crippen molar-refractivity contribution < 1.29 is 5.11 Å². The molecule has 0 saturated heterocycles. The van der Waals surface area contributed by atoms with Gasteiger partial charge >= 0.3 is 0 Å². The molecule has 0 unspecified atom stereocenters. The van der Waals surface area contributed by atoms with Gasteiger partial charge < -0.3 is 15.8 Å². The van der Waals surface area contributed by atoms with E-state index < -0.39 is 0 Å². The van der Waals surface area contributed by atoms with Crippen LogP contribution >= 0.6 is 0 Å². The molecule has 134 valence electrons. The van der Waals surface area contributed by atoms with E-state index in [-0.39, 0.29) is 23.0 Å². The van der Waals surface area contributed by atoms with Crippen LogP contribution in [0.2, 0.25) is 0 Å². The first-order chi connectivity index (χ1) is 12.0. The minimum Gasteiger partial charge on any atom is -0.504 e. The molecule has 2 aromatic rings. The molecular weight excluding hydrogens is 318 g/mol. The van der Waals surface area contributed by atoms with Crippen LogP contribution in [0.3, 0.4) is 0 Å². The first-order valence-electron chi connectivity index (χ1n) is 8.75. The van der Waals surface area contributed by atoms with E-state index in [0.717, 1.165) is 19.3 Å². The third-order valence-corrected chi connectivity index (χ3v) is 4.79. The normalized spacial score (nSPS) is 15.8. The second-order valence-electron chi connectivity index (χ2n) is 6.58. The predicted octanol–water partition coefficient (Wildman–Crippen LogP) is 1.73. The van der Waals surface area contributed by atoms with Crippen molar-refractivity contribution in [2.45, 2.75) is 51.5 Å². The van der Waals surface area contributed by atoms with Crippen molar-refractivity contribution in [1.82, 2.24) is 14.4 Å². The summed E-state index contributed by atoms with van der Waals surface area (Å²) in [5, 5.41) is 12.2. The van der Waals surface area contributed by atoms with Gasteiger partial charge in [0.25, 0.3) is 5.56 Å². The highest BCUT2D eigenvalue weighted by Gasteiger charge is 2.19. The molecule has 1 aliphatic rings. The van der Waals surface area contributed by atoms with Gasteiger partial charge in [-0.1, -0.05) is 26.2 Å². The first kappa shape index (κ1) is 17.3. The maximum atomic E-state index is 12.4. The zero-order valence-corrected chi connectivity index (χ0v) is 14.5. The average Bonchev–Trinajstić information content (AvgIpc) is 3.12. The van der Waals surface area contributed by atoms with Crippen molar-refractivity contribution in [3.05, 3.63) is 46.1 Å². The zero-order valence-electron chi connectivity index (χ0n) is 14.5. The van der Waals surface area contributed by atoms with E-state index in [1.54, 1.807) is 23.5 Å². The van der Waals surface area contributed by atoms with Gasteiger partial charge in [-0.05, 0) is 25.3 Å². The van der Waals surface area contributed by atoms with Crippen LogP contribution in [0.5, 0.6) is 5.75 Å². The van der Waals surface area contributed by atoms with E-state index in [2.05, 4.69) is 4.98 Å². The highest BCUT2D eigenvalue weighted by atomic mass is 16.3. The molecule has 0 bridgehead atoms. The van der Waals surface area contributed by atoms with Crippen LogP contribution in [0.4, 0.5) is 0 Å². The molecule has 0 radical (unpaired) electrons. The number of nitrogens with two attached hydrogens (primary N) is 2. The molecule has 0 amide bonds. The fraction of sp³-hybridized carbons (Fsp3) is 0.444. The number of hydrogen-bond acceptors (Lipinski definition) is 6. The Labute approximate surface area is 146 Å². The Balaban J connectivity index is 1.98.